The van der Waals surface area contributed by atoms with Gasteiger partial charge >= 0.3 is 0 Å². The number of tetrazole rings is 1. The van der Waals surface area contributed by atoms with Crippen molar-refractivity contribution in [2.24, 2.45) is 14.1 Å². The maximum absolute atomic E-state index is 10.0. The number of nitrogens with zero attached hydrogens (tertiary/aromatic N) is 9. The van der Waals surface area contributed by atoms with Gasteiger partial charge < -0.3 is 14.2 Å². The van der Waals surface area contributed by atoms with E-state index in [1.54, 1.807) is 29.6 Å². The summed E-state index contributed by atoms with van der Waals surface area (Å²) in [6, 6.07) is 3.77. The van der Waals surface area contributed by atoms with Crippen LogP contribution < -0.4 is 0 Å². The van der Waals surface area contributed by atoms with Gasteiger partial charge in [-0.3, -0.25) is 0 Å². The van der Waals surface area contributed by atoms with Crippen LogP contribution in [0.5, 0.6) is 0 Å². The molecule has 10 nitrogen and oxygen atoms in total. The smallest absolute Gasteiger partial charge is 0.274 e. The molecule has 0 radical (unpaired) electrons. The van der Waals surface area contributed by atoms with E-state index in [9.17, 15) is 5.11 Å². The van der Waals surface area contributed by atoms with E-state index in [1.807, 2.05) is 35.4 Å². The fraction of sp³-hybridized carbons (Fsp3) is 0.176. The fourth-order valence-electron chi connectivity index (χ4n) is 3.41. The highest BCUT2D eigenvalue weighted by Gasteiger charge is 2.22. The molecule has 0 aliphatic carbocycles. The second-order valence-corrected chi connectivity index (χ2v) is 6.28. The van der Waals surface area contributed by atoms with E-state index in [4.69, 9.17) is 4.98 Å². The Kier molecular flexibility index (Phi) is 3.28. The van der Waals surface area contributed by atoms with E-state index in [1.165, 1.54) is 0 Å². The first-order valence-corrected chi connectivity index (χ1v) is 8.27. The Hall–Kier alpha value is -3.66. The lowest BCUT2D eigenvalue weighted by Crippen LogP contribution is -2.04. The molecule has 0 unspecified atom stereocenters. The standard InChI is InChI=1S/C17H15N9O/c1-24-8-18-5-12(24)14-10(7-27)3-4-11-15(14)16(13-6-19-9-25(13)2)20-17-21-22-23-26(11)17/h3-6,8-9,27H,7H2,1-2H3. The Labute approximate surface area is 152 Å². The Morgan fingerprint density at radius 2 is 1.74 bits per heavy atom. The Balaban J connectivity index is 2.04. The van der Waals surface area contributed by atoms with Gasteiger partial charge in [0.2, 0.25) is 0 Å². The van der Waals surface area contributed by atoms with E-state index in [2.05, 4.69) is 25.5 Å². The molecule has 5 aromatic rings. The van der Waals surface area contributed by atoms with Crippen LogP contribution in [0.1, 0.15) is 5.56 Å². The van der Waals surface area contributed by atoms with Gasteiger partial charge in [0.25, 0.3) is 5.78 Å². The third kappa shape index (κ3) is 2.16. The lowest BCUT2D eigenvalue weighted by Gasteiger charge is -2.15. The molecule has 0 aliphatic heterocycles. The molecule has 4 heterocycles. The number of hydrogen-bond donors (Lipinski definition) is 1. The minimum Gasteiger partial charge on any atom is -0.392 e. The summed E-state index contributed by atoms with van der Waals surface area (Å²) in [6.07, 6.45) is 6.96. The molecule has 134 valence electrons. The Morgan fingerprint density at radius 1 is 1.00 bits per heavy atom. The first kappa shape index (κ1) is 15.6. The zero-order valence-corrected chi connectivity index (χ0v) is 14.6. The molecule has 1 aromatic carbocycles. The predicted molar refractivity (Wildman–Crippen MR) is 96.4 cm³/mol. The van der Waals surface area contributed by atoms with Crippen molar-refractivity contribution in [3.63, 3.8) is 0 Å². The topological polar surface area (TPSA) is 112 Å². The number of aromatic nitrogens is 9. The van der Waals surface area contributed by atoms with Crippen molar-refractivity contribution in [2.45, 2.75) is 6.61 Å². The number of rotatable bonds is 3. The summed E-state index contributed by atoms with van der Waals surface area (Å²) in [7, 11) is 3.82. The van der Waals surface area contributed by atoms with E-state index in [-0.39, 0.29) is 6.61 Å². The molecule has 0 fully saturated rings. The average Bonchev–Trinajstić information content (AvgIpc) is 3.40. The van der Waals surface area contributed by atoms with Crippen LogP contribution in [0.15, 0.2) is 37.2 Å². The Bertz CT molecular complexity index is 1300. The summed E-state index contributed by atoms with van der Waals surface area (Å²) >= 11 is 0. The van der Waals surface area contributed by atoms with Gasteiger partial charge in [-0.2, -0.15) is 4.52 Å². The van der Waals surface area contributed by atoms with Gasteiger partial charge in [0.05, 0.1) is 48.6 Å². The molecule has 0 saturated heterocycles. The maximum Gasteiger partial charge on any atom is 0.274 e. The SMILES string of the molecule is Cn1cncc1-c1nc2nnnn2c2ccc(CO)c(-c3cncn3C)c12. The van der Waals surface area contributed by atoms with E-state index in [0.717, 1.165) is 33.4 Å². The molecule has 0 saturated carbocycles. The average molecular weight is 361 g/mol. The zero-order valence-electron chi connectivity index (χ0n) is 14.6. The van der Waals surface area contributed by atoms with Gasteiger partial charge in [0.1, 0.15) is 5.69 Å². The van der Waals surface area contributed by atoms with E-state index < -0.39 is 0 Å². The molecular weight excluding hydrogens is 346 g/mol. The number of aliphatic hydroxyl groups is 1. The highest BCUT2D eigenvalue weighted by Crippen LogP contribution is 2.37. The van der Waals surface area contributed by atoms with Crippen LogP contribution >= 0.6 is 0 Å². The van der Waals surface area contributed by atoms with Crippen molar-refractivity contribution in [3.8, 4) is 22.6 Å². The maximum atomic E-state index is 10.0. The minimum atomic E-state index is -0.116. The third-order valence-electron chi connectivity index (χ3n) is 4.70. The minimum absolute atomic E-state index is 0.116. The van der Waals surface area contributed by atoms with Crippen molar-refractivity contribution in [3.05, 3.63) is 42.7 Å². The van der Waals surface area contributed by atoms with E-state index >= 15 is 0 Å². The molecule has 27 heavy (non-hydrogen) atoms. The van der Waals surface area contributed by atoms with Crippen LogP contribution in [0.4, 0.5) is 0 Å². The highest BCUT2D eigenvalue weighted by molar-refractivity contribution is 6.04. The van der Waals surface area contributed by atoms with Crippen LogP contribution in [0, 0.1) is 0 Å². The van der Waals surface area contributed by atoms with Crippen LogP contribution in [0.3, 0.4) is 0 Å². The van der Waals surface area contributed by atoms with Gasteiger partial charge in [-0.05, 0) is 22.1 Å². The summed E-state index contributed by atoms with van der Waals surface area (Å²) < 4.78 is 5.39. The molecule has 0 spiro atoms. The molecule has 0 bridgehead atoms. The molecule has 0 atom stereocenters. The van der Waals surface area contributed by atoms with Gasteiger partial charge in [0.15, 0.2) is 0 Å². The molecule has 10 heteroatoms. The van der Waals surface area contributed by atoms with Gasteiger partial charge in [-0.15, -0.1) is 0 Å². The summed E-state index contributed by atoms with van der Waals surface area (Å²) in [4.78, 5) is 13.2. The van der Waals surface area contributed by atoms with Crippen LogP contribution in [0.2, 0.25) is 0 Å². The summed E-state index contributed by atoms with van der Waals surface area (Å²) in [5.74, 6) is 0.395. The molecule has 1 N–H and O–H groups in total. The lowest BCUT2D eigenvalue weighted by atomic mass is 9.97. The fourth-order valence-corrected chi connectivity index (χ4v) is 3.41. The monoisotopic (exact) mass is 361 g/mol. The Morgan fingerprint density at radius 3 is 2.41 bits per heavy atom. The molecule has 0 aliphatic rings. The number of benzene rings is 1. The van der Waals surface area contributed by atoms with Gasteiger partial charge in [-0.25, -0.2) is 15.0 Å². The predicted octanol–water partition coefficient (Wildman–Crippen LogP) is 0.966. The third-order valence-corrected chi connectivity index (χ3v) is 4.70. The highest BCUT2D eigenvalue weighted by atomic mass is 16.3. The number of imidazole rings is 2. The van der Waals surface area contributed by atoms with Crippen molar-refractivity contribution in [2.75, 3.05) is 0 Å². The normalized spacial score (nSPS) is 11.7. The van der Waals surface area contributed by atoms with Crippen molar-refractivity contribution >= 4 is 16.7 Å². The van der Waals surface area contributed by atoms with E-state index in [0.29, 0.717) is 11.5 Å². The number of aliphatic hydroxyl groups excluding tert-OH is 1. The summed E-state index contributed by atoms with van der Waals surface area (Å²) in [5, 5.41) is 22.7. The zero-order chi connectivity index (χ0) is 18.5. The number of hydrogen-bond acceptors (Lipinski definition) is 7. The van der Waals surface area contributed by atoms with Crippen LogP contribution in [0.25, 0.3) is 39.3 Å². The lowest BCUT2D eigenvalue weighted by molar-refractivity contribution is 0.282. The van der Waals surface area contributed by atoms with Crippen molar-refractivity contribution in [1.29, 1.82) is 0 Å². The molecule has 5 rings (SSSR count). The second-order valence-electron chi connectivity index (χ2n) is 6.28. The molecule has 0 amide bonds. The van der Waals surface area contributed by atoms with Crippen molar-refractivity contribution in [1.82, 2.24) is 44.1 Å². The molecular formula is C17H15N9O. The van der Waals surface area contributed by atoms with Crippen LogP contribution in [-0.2, 0) is 20.7 Å². The summed E-state index contributed by atoms with van der Waals surface area (Å²) in [6.45, 7) is -0.116. The second kappa shape index (κ2) is 5.68. The van der Waals surface area contributed by atoms with Gasteiger partial charge in [0, 0.05) is 25.0 Å². The molecule has 4 aromatic heterocycles. The van der Waals surface area contributed by atoms with Crippen molar-refractivity contribution < 1.29 is 5.11 Å². The largest absolute Gasteiger partial charge is 0.392 e. The summed E-state index contributed by atoms with van der Waals surface area (Å²) in [5.41, 5.74) is 4.78. The van der Waals surface area contributed by atoms with Gasteiger partial charge in [-0.1, -0.05) is 11.2 Å². The van der Waals surface area contributed by atoms with Crippen LogP contribution in [-0.4, -0.2) is 49.2 Å². The number of aryl methyl sites for hydroxylation is 2. The first-order chi connectivity index (χ1) is 13.2. The number of fused-ring (bicyclic) bond motifs is 3. The quantitative estimate of drug-likeness (QED) is 0.509. The first-order valence-electron chi connectivity index (χ1n) is 8.27.